The molecule has 2 aromatic rings. The smallest absolute Gasteiger partial charge is 0.252 e. The topological polar surface area (TPSA) is 80.6 Å². The van der Waals surface area contributed by atoms with E-state index in [0.717, 1.165) is 0 Å². The number of carbonyl (C=O) groups excluding carboxylic acids is 1. The molecule has 0 aliphatic rings. The molecule has 16 heavy (non-hydrogen) atoms. The van der Waals surface area contributed by atoms with Crippen molar-refractivity contribution >= 4 is 6.29 Å². The standard InChI is InChI=1S/C10H10N4O2/c1-6-3-9(16)13-10(12-6)14-7(2)8(5-15)4-11-14/h3-5H,1-2H3,(H,12,13,16). The number of rotatable bonds is 2. The number of aromatic amines is 1. The van der Waals surface area contributed by atoms with Crippen LogP contribution in [0.15, 0.2) is 17.1 Å². The predicted molar refractivity (Wildman–Crippen MR) is 56.8 cm³/mol. The average Bonchev–Trinajstić information content (AvgIpc) is 2.58. The van der Waals surface area contributed by atoms with Gasteiger partial charge in [0.1, 0.15) is 0 Å². The van der Waals surface area contributed by atoms with Crippen molar-refractivity contribution in [2.45, 2.75) is 13.8 Å². The molecule has 0 aliphatic carbocycles. The number of hydrogen-bond donors (Lipinski definition) is 1. The molecule has 82 valence electrons. The van der Waals surface area contributed by atoms with Crippen molar-refractivity contribution in [2.24, 2.45) is 0 Å². The van der Waals surface area contributed by atoms with Crippen molar-refractivity contribution < 1.29 is 4.79 Å². The Morgan fingerprint density at radius 1 is 1.44 bits per heavy atom. The maximum atomic E-state index is 11.3. The van der Waals surface area contributed by atoms with Gasteiger partial charge in [-0.3, -0.25) is 14.6 Å². The normalized spacial score (nSPS) is 10.4. The van der Waals surface area contributed by atoms with Gasteiger partial charge in [-0.2, -0.15) is 5.10 Å². The Labute approximate surface area is 91.0 Å². The maximum absolute atomic E-state index is 11.3. The number of carbonyl (C=O) groups is 1. The van der Waals surface area contributed by atoms with Gasteiger partial charge in [0.15, 0.2) is 6.29 Å². The minimum Gasteiger partial charge on any atom is -0.298 e. The zero-order chi connectivity index (χ0) is 11.7. The summed E-state index contributed by atoms with van der Waals surface area (Å²) in [4.78, 5) is 28.6. The van der Waals surface area contributed by atoms with Crippen LogP contribution in [0, 0.1) is 13.8 Å². The second kappa shape index (κ2) is 3.73. The Morgan fingerprint density at radius 3 is 2.75 bits per heavy atom. The Morgan fingerprint density at radius 2 is 2.19 bits per heavy atom. The highest BCUT2D eigenvalue weighted by Gasteiger charge is 2.09. The highest BCUT2D eigenvalue weighted by molar-refractivity contribution is 5.76. The van der Waals surface area contributed by atoms with Crippen molar-refractivity contribution in [1.29, 1.82) is 0 Å². The molecule has 1 N–H and O–H groups in total. The number of aryl methyl sites for hydroxylation is 1. The lowest BCUT2D eigenvalue weighted by atomic mass is 10.3. The Kier molecular flexibility index (Phi) is 2.40. The van der Waals surface area contributed by atoms with Crippen LogP contribution in [-0.2, 0) is 0 Å². The van der Waals surface area contributed by atoms with E-state index in [1.54, 1.807) is 13.8 Å². The van der Waals surface area contributed by atoms with E-state index in [1.165, 1.54) is 16.9 Å². The van der Waals surface area contributed by atoms with Crippen molar-refractivity contribution in [3.8, 4) is 5.95 Å². The van der Waals surface area contributed by atoms with E-state index in [-0.39, 0.29) is 5.56 Å². The first-order valence-corrected chi connectivity index (χ1v) is 4.70. The van der Waals surface area contributed by atoms with E-state index >= 15 is 0 Å². The average molecular weight is 218 g/mol. The van der Waals surface area contributed by atoms with Crippen LogP contribution in [0.25, 0.3) is 5.95 Å². The van der Waals surface area contributed by atoms with Crippen LogP contribution < -0.4 is 5.56 Å². The summed E-state index contributed by atoms with van der Waals surface area (Å²) in [6, 6.07) is 1.39. The number of nitrogens with one attached hydrogen (secondary N) is 1. The van der Waals surface area contributed by atoms with Crippen molar-refractivity contribution in [3.05, 3.63) is 39.6 Å². The minimum absolute atomic E-state index is 0.245. The van der Waals surface area contributed by atoms with E-state index in [4.69, 9.17) is 0 Å². The second-order valence-electron chi connectivity index (χ2n) is 3.43. The van der Waals surface area contributed by atoms with Gasteiger partial charge in [0.25, 0.3) is 5.56 Å². The van der Waals surface area contributed by atoms with Crippen LogP contribution in [0.5, 0.6) is 0 Å². The number of aromatic nitrogens is 4. The fourth-order valence-electron chi connectivity index (χ4n) is 1.42. The number of aldehydes is 1. The molecule has 0 amide bonds. The van der Waals surface area contributed by atoms with Crippen LogP contribution >= 0.6 is 0 Å². The third-order valence-corrected chi connectivity index (χ3v) is 2.23. The van der Waals surface area contributed by atoms with E-state index in [2.05, 4.69) is 15.1 Å². The summed E-state index contributed by atoms with van der Waals surface area (Å²) >= 11 is 0. The zero-order valence-electron chi connectivity index (χ0n) is 8.89. The Balaban J connectivity index is 2.62. The molecule has 6 heteroatoms. The molecule has 2 heterocycles. The second-order valence-corrected chi connectivity index (χ2v) is 3.43. The molecule has 6 nitrogen and oxygen atoms in total. The fraction of sp³-hybridized carbons (Fsp3) is 0.200. The summed E-state index contributed by atoms with van der Waals surface area (Å²) in [5.74, 6) is 0.315. The largest absolute Gasteiger partial charge is 0.298 e. The third-order valence-electron chi connectivity index (χ3n) is 2.23. The molecule has 0 aliphatic heterocycles. The molecule has 0 saturated carbocycles. The van der Waals surface area contributed by atoms with Crippen molar-refractivity contribution in [1.82, 2.24) is 19.7 Å². The van der Waals surface area contributed by atoms with Gasteiger partial charge in [-0.1, -0.05) is 0 Å². The molecular weight excluding hydrogens is 208 g/mol. The SMILES string of the molecule is Cc1cc(=O)[nH]c(-n2ncc(C=O)c2C)n1. The summed E-state index contributed by atoms with van der Waals surface area (Å²) in [6.45, 7) is 3.46. The van der Waals surface area contributed by atoms with Gasteiger partial charge in [-0.25, -0.2) is 9.67 Å². The van der Waals surface area contributed by atoms with Gasteiger partial charge in [0.2, 0.25) is 5.95 Å². The van der Waals surface area contributed by atoms with Gasteiger partial charge >= 0.3 is 0 Å². The van der Waals surface area contributed by atoms with E-state index in [9.17, 15) is 9.59 Å². The molecule has 0 atom stereocenters. The van der Waals surface area contributed by atoms with Gasteiger partial charge in [0.05, 0.1) is 17.5 Å². The van der Waals surface area contributed by atoms with Gasteiger partial charge in [-0.15, -0.1) is 0 Å². The van der Waals surface area contributed by atoms with Crippen LogP contribution in [0.4, 0.5) is 0 Å². The highest BCUT2D eigenvalue weighted by Crippen LogP contribution is 2.07. The summed E-state index contributed by atoms with van der Waals surface area (Å²) < 4.78 is 1.43. The summed E-state index contributed by atoms with van der Waals surface area (Å²) in [5.41, 5.74) is 1.47. The van der Waals surface area contributed by atoms with Crippen LogP contribution in [0.3, 0.4) is 0 Å². The molecule has 0 bridgehead atoms. The number of hydrogen-bond acceptors (Lipinski definition) is 4. The molecule has 0 aromatic carbocycles. The van der Waals surface area contributed by atoms with Gasteiger partial charge in [0, 0.05) is 11.8 Å². The monoisotopic (exact) mass is 218 g/mol. The first-order chi connectivity index (χ1) is 7.61. The molecular formula is C10H10N4O2. The molecule has 0 radical (unpaired) electrons. The fourth-order valence-corrected chi connectivity index (χ4v) is 1.42. The zero-order valence-corrected chi connectivity index (χ0v) is 8.89. The van der Waals surface area contributed by atoms with E-state index < -0.39 is 0 Å². The molecule has 0 saturated heterocycles. The lowest BCUT2D eigenvalue weighted by molar-refractivity contribution is 0.112. The van der Waals surface area contributed by atoms with E-state index in [1.807, 2.05) is 0 Å². The molecule has 0 spiro atoms. The van der Waals surface area contributed by atoms with E-state index in [0.29, 0.717) is 29.2 Å². The predicted octanol–water partition coefficient (Wildman–Crippen LogP) is 0.385. The van der Waals surface area contributed by atoms with Crippen LogP contribution in [0.1, 0.15) is 21.7 Å². The Hall–Kier alpha value is -2.24. The summed E-state index contributed by atoms with van der Waals surface area (Å²) in [7, 11) is 0. The van der Waals surface area contributed by atoms with Crippen LogP contribution in [0.2, 0.25) is 0 Å². The van der Waals surface area contributed by atoms with Gasteiger partial charge in [-0.05, 0) is 13.8 Å². The lowest BCUT2D eigenvalue weighted by Crippen LogP contribution is -2.14. The first kappa shape index (κ1) is 10.3. The minimum atomic E-state index is -0.245. The summed E-state index contributed by atoms with van der Waals surface area (Å²) in [5, 5.41) is 3.99. The highest BCUT2D eigenvalue weighted by atomic mass is 16.1. The Bertz CT molecular complexity index is 597. The molecule has 2 aromatic heterocycles. The third kappa shape index (κ3) is 1.65. The maximum Gasteiger partial charge on any atom is 0.252 e. The lowest BCUT2D eigenvalue weighted by Gasteiger charge is -2.03. The first-order valence-electron chi connectivity index (χ1n) is 4.70. The number of nitrogens with zero attached hydrogens (tertiary/aromatic N) is 3. The molecule has 0 unspecified atom stereocenters. The number of H-pyrrole nitrogens is 1. The van der Waals surface area contributed by atoms with Crippen LogP contribution in [-0.4, -0.2) is 26.0 Å². The van der Waals surface area contributed by atoms with Gasteiger partial charge < -0.3 is 0 Å². The van der Waals surface area contributed by atoms with Crippen molar-refractivity contribution in [3.63, 3.8) is 0 Å². The summed E-state index contributed by atoms with van der Waals surface area (Å²) in [6.07, 6.45) is 2.15. The quantitative estimate of drug-likeness (QED) is 0.739. The molecule has 0 fully saturated rings. The molecule has 2 rings (SSSR count). The van der Waals surface area contributed by atoms with Crippen molar-refractivity contribution in [2.75, 3.05) is 0 Å².